The Hall–Kier alpha value is -2.35. The highest BCUT2D eigenvalue weighted by atomic mass is 32.2. The number of nitrogens with zero attached hydrogens (tertiary/aromatic N) is 5. The highest BCUT2D eigenvalue weighted by Gasteiger charge is 2.24. The Balaban J connectivity index is 2.15. The van der Waals surface area contributed by atoms with Gasteiger partial charge in [0.05, 0.1) is 6.20 Å². The molecule has 7 nitrogen and oxygen atoms in total. The number of hydrogen-bond acceptors (Lipinski definition) is 5. The van der Waals surface area contributed by atoms with Gasteiger partial charge in [0.25, 0.3) is 0 Å². The van der Waals surface area contributed by atoms with Gasteiger partial charge in [0, 0.05) is 25.5 Å². The van der Waals surface area contributed by atoms with Crippen molar-refractivity contribution in [3.05, 3.63) is 46.9 Å². The molecular weight excluding hydrogens is 266 g/mol. The molecule has 0 unspecified atom stereocenters. The van der Waals surface area contributed by atoms with E-state index in [2.05, 4.69) is 9.97 Å². The Morgan fingerprint density at radius 3 is 2.89 bits per heavy atom. The van der Waals surface area contributed by atoms with Gasteiger partial charge in [-0.1, -0.05) is 6.07 Å². The van der Waals surface area contributed by atoms with E-state index in [0.29, 0.717) is 15.8 Å². The molecule has 96 valence electrons. The van der Waals surface area contributed by atoms with E-state index in [1.54, 1.807) is 41.4 Å². The van der Waals surface area contributed by atoms with Crippen molar-refractivity contribution in [1.29, 1.82) is 0 Å². The third-order valence-corrected chi connectivity index (χ3v) is 3.65. The number of pyridine rings is 1. The van der Waals surface area contributed by atoms with Gasteiger partial charge in [-0.3, -0.25) is 0 Å². The standard InChI is InChI=1S/C11H9N5O2S/c1-14-7-5-12-11(14)19-9-10(16(17)18)15-6-3-2-4-8(15)13-9/h2-7H,1H3. The van der Waals surface area contributed by atoms with Gasteiger partial charge in [-0.25, -0.2) is 4.98 Å². The lowest BCUT2D eigenvalue weighted by atomic mass is 10.5. The number of rotatable bonds is 3. The first-order chi connectivity index (χ1) is 9.16. The van der Waals surface area contributed by atoms with Gasteiger partial charge < -0.3 is 14.7 Å². The average Bonchev–Trinajstić information content (AvgIpc) is 2.93. The predicted octanol–water partition coefficient (Wildman–Crippen LogP) is 2.13. The molecule has 0 fully saturated rings. The number of aryl methyl sites for hydroxylation is 1. The van der Waals surface area contributed by atoms with Gasteiger partial charge in [0.15, 0.2) is 5.16 Å². The van der Waals surface area contributed by atoms with Gasteiger partial charge in [0.2, 0.25) is 10.7 Å². The Morgan fingerprint density at radius 1 is 1.37 bits per heavy atom. The maximum atomic E-state index is 11.2. The molecule has 0 bridgehead atoms. The van der Waals surface area contributed by atoms with E-state index in [1.807, 2.05) is 7.05 Å². The second-order valence-corrected chi connectivity index (χ2v) is 4.81. The van der Waals surface area contributed by atoms with Crippen molar-refractivity contribution in [1.82, 2.24) is 18.9 Å². The van der Waals surface area contributed by atoms with Crippen molar-refractivity contribution in [2.45, 2.75) is 10.2 Å². The highest BCUT2D eigenvalue weighted by Crippen LogP contribution is 2.33. The Bertz CT molecular complexity index is 763. The second-order valence-electron chi connectivity index (χ2n) is 3.85. The van der Waals surface area contributed by atoms with Crippen LogP contribution in [0, 0.1) is 10.1 Å². The normalized spacial score (nSPS) is 11.0. The molecule has 0 saturated heterocycles. The molecule has 19 heavy (non-hydrogen) atoms. The molecule has 0 N–H and O–H groups in total. The molecule has 3 aromatic heterocycles. The quantitative estimate of drug-likeness (QED) is 0.540. The number of nitro groups is 1. The summed E-state index contributed by atoms with van der Waals surface area (Å²) >= 11 is 1.18. The lowest BCUT2D eigenvalue weighted by Gasteiger charge is -1.98. The highest BCUT2D eigenvalue weighted by molar-refractivity contribution is 7.99. The molecule has 0 aliphatic heterocycles. The molecule has 0 saturated carbocycles. The first-order valence-electron chi connectivity index (χ1n) is 5.43. The van der Waals surface area contributed by atoms with Gasteiger partial charge in [-0.15, -0.1) is 0 Å². The van der Waals surface area contributed by atoms with Crippen molar-refractivity contribution in [3.63, 3.8) is 0 Å². The van der Waals surface area contributed by atoms with E-state index < -0.39 is 4.92 Å². The Kier molecular flexibility index (Phi) is 2.71. The average molecular weight is 275 g/mol. The van der Waals surface area contributed by atoms with Crippen LogP contribution < -0.4 is 0 Å². The summed E-state index contributed by atoms with van der Waals surface area (Å²) in [6.45, 7) is 0. The summed E-state index contributed by atoms with van der Waals surface area (Å²) in [5.41, 5.74) is 0.547. The van der Waals surface area contributed by atoms with Crippen molar-refractivity contribution in [2.75, 3.05) is 0 Å². The van der Waals surface area contributed by atoms with Crippen LogP contribution in [0.4, 0.5) is 5.82 Å². The molecule has 0 radical (unpaired) electrons. The minimum atomic E-state index is -0.425. The van der Waals surface area contributed by atoms with Crippen LogP contribution in [0.1, 0.15) is 0 Å². The smallest absolute Gasteiger partial charge is 0.358 e. The minimum absolute atomic E-state index is 0.0383. The Morgan fingerprint density at radius 2 is 2.21 bits per heavy atom. The van der Waals surface area contributed by atoms with Crippen LogP contribution >= 0.6 is 11.8 Å². The van der Waals surface area contributed by atoms with Crippen LogP contribution in [-0.4, -0.2) is 23.9 Å². The molecule has 0 atom stereocenters. The fourth-order valence-corrected chi connectivity index (χ4v) is 2.63. The number of hydrogen-bond donors (Lipinski definition) is 0. The van der Waals surface area contributed by atoms with E-state index in [9.17, 15) is 10.1 Å². The molecular formula is C11H9N5O2S. The zero-order chi connectivity index (χ0) is 13.4. The zero-order valence-corrected chi connectivity index (χ0v) is 10.7. The largest absolute Gasteiger partial charge is 0.362 e. The van der Waals surface area contributed by atoms with Crippen molar-refractivity contribution in [3.8, 4) is 0 Å². The molecule has 3 aromatic rings. The van der Waals surface area contributed by atoms with Crippen molar-refractivity contribution < 1.29 is 4.92 Å². The summed E-state index contributed by atoms with van der Waals surface area (Å²) in [5, 5.41) is 12.2. The fourth-order valence-electron chi connectivity index (χ4n) is 1.73. The van der Waals surface area contributed by atoms with Crippen molar-refractivity contribution >= 4 is 23.2 Å². The molecule has 0 spiro atoms. The summed E-state index contributed by atoms with van der Waals surface area (Å²) in [6, 6.07) is 5.26. The van der Waals surface area contributed by atoms with Gasteiger partial charge in [-0.05, 0) is 22.8 Å². The van der Waals surface area contributed by atoms with Crippen molar-refractivity contribution in [2.24, 2.45) is 7.05 Å². The SMILES string of the molecule is Cn1ccnc1Sc1nc2ccccn2c1[N+](=O)[O-]. The van der Waals surface area contributed by atoms with Gasteiger partial charge >= 0.3 is 5.82 Å². The van der Waals surface area contributed by atoms with E-state index in [4.69, 9.17) is 0 Å². The maximum Gasteiger partial charge on any atom is 0.362 e. The molecule has 0 amide bonds. The van der Waals surface area contributed by atoms with Gasteiger partial charge in [-0.2, -0.15) is 9.38 Å². The van der Waals surface area contributed by atoms with Crippen LogP contribution in [-0.2, 0) is 7.05 Å². The fraction of sp³-hybridized carbons (Fsp3) is 0.0909. The summed E-state index contributed by atoms with van der Waals surface area (Å²) in [5.74, 6) is -0.0383. The second kappa shape index (κ2) is 4.39. The monoisotopic (exact) mass is 275 g/mol. The first kappa shape index (κ1) is 11.7. The van der Waals surface area contributed by atoms with Crippen LogP contribution in [0.5, 0.6) is 0 Å². The van der Waals surface area contributed by atoms with E-state index in [1.165, 1.54) is 16.2 Å². The Labute approximate surface area is 112 Å². The summed E-state index contributed by atoms with van der Waals surface area (Å²) < 4.78 is 3.25. The number of aromatic nitrogens is 4. The topological polar surface area (TPSA) is 78.3 Å². The maximum absolute atomic E-state index is 11.2. The van der Waals surface area contributed by atoms with Gasteiger partial charge in [0.1, 0.15) is 0 Å². The molecule has 3 rings (SSSR count). The molecule has 0 aromatic carbocycles. The summed E-state index contributed by atoms with van der Waals surface area (Å²) in [6.07, 6.45) is 5.05. The first-order valence-corrected chi connectivity index (χ1v) is 6.25. The molecule has 0 aliphatic rings. The van der Waals surface area contributed by atoms with E-state index in [-0.39, 0.29) is 5.82 Å². The van der Waals surface area contributed by atoms with Crippen LogP contribution in [0.15, 0.2) is 47.0 Å². The molecule has 0 aliphatic carbocycles. The van der Waals surface area contributed by atoms with E-state index >= 15 is 0 Å². The lowest BCUT2D eigenvalue weighted by Crippen LogP contribution is -1.95. The number of fused-ring (bicyclic) bond motifs is 1. The molecule has 3 heterocycles. The number of imidazole rings is 2. The summed E-state index contributed by atoms with van der Waals surface area (Å²) in [7, 11) is 1.83. The molecule has 8 heteroatoms. The lowest BCUT2D eigenvalue weighted by molar-refractivity contribution is -0.393. The minimum Gasteiger partial charge on any atom is -0.358 e. The third kappa shape index (κ3) is 1.95. The zero-order valence-electron chi connectivity index (χ0n) is 9.92. The van der Waals surface area contributed by atoms with E-state index in [0.717, 1.165) is 0 Å². The predicted molar refractivity (Wildman–Crippen MR) is 69.2 cm³/mol. The third-order valence-electron chi connectivity index (χ3n) is 2.61. The van der Waals surface area contributed by atoms with Crippen LogP contribution in [0.2, 0.25) is 0 Å². The summed E-state index contributed by atoms with van der Waals surface area (Å²) in [4.78, 5) is 19.2. The van der Waals surface area contributed by atoms with Crippen LogP contribution in [0.25, 0.3) is 5.65 Å². The van der Waals surface area contributed by atoms with Crippen LogP contribution in [0.3, 0.4) is 0 Å².